The lowest BCUT2D eigenvalue weighted by Gasteiger charge is -2.13. The first-order valence-corrected chi connectivity index (χ1v) is 4.35. The molecule has 0 aromatic heterocycles. The lowest BCUT2D eigenvalue weighted by atomic mass is 10.1. The fraction of sp³-hybridized carbons (Fsp3) is 0.300. The second-order valence-corrected chi connectivity index (χ2v) is 3.43. The summed E-state index contributed by atoms with van der Waals surface area (Å²) in [6, 6.07) is 2.22. The van der Waals surface area contributed by atoms with Gasteiger partial charge in [0.25, 0.3) is 5.91 Å². The van der Waals surface area contributed by atoms with Crippen LogP contribution in [0.4, 0.5) is 13.2 Å². The summed E-state index contributed by atoms with van der Waals surface area (Å²) in [7, 11) is 2.78. The van der Waals surface area contributed by atoms with Gasteiger partial charge in [0.15, 0.2) is 0 Å². The molecule has 1 aromatic carbocycles. The first-order chi connectivity index (χ1) is 7.23. The molecule has 0 bridgehead atoms. The number of carbonyl (C=O) groups excluding carboxylic acids is 1. The fourth-order valence-electron chi connectivity index (χ4n) is 1.12. The van der Waals surface area contributed by atoms with Crippen LogP contribution in [0.5, 0.6) is 5.75 Å². The van der Waals surface area contributed by atoms with E-state index in [0.29, 0.717) is 6.07 Å². The molecular formula is C10H10F3NO2. The highest BCUT2D eigenvalue weighted by Crippen LogP contribution is 2.32. The highest BCUT2D eigenvalue weighted by atomic mass is 19.4. The molecule has 0 saturated carbocycles. The van der Waals surface area contributed by atoms with E-state index in [1.165, 1.54) is 14.1 Å². The molecule has 0 heterocycles. The van der Waals surface area contributed by atoms with E-state index in [0.717, 1.165) is 17.0 Å². The fourth-order valence-corrected chi connectivity index (χ4v) is 1.12. The predicted octanol–water partition coefficient (Wildman–Crippen LogP) is 2.11. The van der Waals surface area contributed by atoms with Gasteiger partial charge in [-0.1, -0.05) is 0 Å². The molecule has 3 nitrogen and oxygen atoms in total. The van der Waals surface area contributed by atoms with E-state index in [1.807, 2.05) is 0 Å². The van der Waals surface area contributed by atoms with E-state index in [1.54, 1.807) is 0 Å². The number of hydrogen-bond donors (Lipinski definition) is 1. The number of phenols is 1. The summed E-state index contributed by atoms with van der Waals surface area (Å²) in [6.45, 7) is 0. The van der Waals surface area contributed by atoms with Gasteiger partial charge in [-0.2, -0.15) is 13.2 Å². The van der Waals surface area contributed by atoms with Gasteiger partial charge in [-0.25, -0.2) is 0 Å². The van der Waals surface area contributed by atoms with Crippen LogP contribution in [-0.2, 0) is 6.18 Å². The van der Waals surface area contributed by atoms with Gasteiger partial charge < -0.3 is 10.0 Å². The van der Waals surface area contributed by atoms with Crippen molar-refractivity contribution in [2.75, 3.05) is 14.1 Å². The van der Waals surface area contributed by atoms with Crippen molar-refractivity contribution in [2.45, 2.75) is 6.18 Å². The minimum absolute atomic E-state index is 0.361. The van der Waals surface area contributed by atoms with Gasteiger partial charge in [-0.05, 0) is 18.2 Å². The summed E-state index contributed by atoms with van der Waals surface area (Å²) in [5, 5.41) is 9.31. The highest BCUT2D eigenvalue weighted by molar-refractivity contribution is 5.96. The van der Waals surface area contributed by atoms with Crippen LogP contribution in [-0.4, -0.2) is 30.0 Å². The molecule has 0 aliphatic heterocycles. The summed E-state index contributed by atoms with van der Waals surface area (Å²) in [6.07, 6.45) is -4.53. The van der Waals surface area contributed by atoms with Crippen molar-refractivity contribution in [3.63, 3.8) is 0 Å². The number of halogens is 3. The molecule has 0 atom stereocenters. The SMILES string of the molecule is CN(C)C(=O)c1cc(C(F)(F)F)ccc1O. The number of amides is 1. The Balaban J connectivity index is 3.25. The Morgan fingerprint density at radius 3 is 2.31 bits per heavy atom. The van der Waals surface area contributed by atoms with Gasteiger partial charge in [0, 0.05) is 14.1 Å². The summed E-state index contributed by atoms with van der Waals surface area (Å²) < 4.78 is 37.1. The zero-order valence-electron chi connectivity index (χ0n) is 8.67. The summed E-state index contributed by atoms with van der Waals surface area (Å²) in [4.78, 5) is 12.5. The van der Waals surface area contributed by atoms with Crippen LogP contribution in [0.1, 0.15) is 15.9 Å². The maximum Gasteiger partial charge on any atom is 0.416 e. The normalized spacial score (nSPS) is 11.3. The smallest absolute Gasteiger partial charge is 0.416 e. The Morgan fingerprint density at radius 1 is 1.31 bits per heavy atom. The van der Waals surface area contributed by atoms with Crippen molar-refractivity contribution in [1.82, 2.24) is 4.90 Å². The number of hydrogen-bond acceptors (Lipinski definition) is 2. The Kier molecular flexibility index (Phi) is 3.11. The Hall–Kier alpha value is -1.72. The van der Waals surface area contributed by atoms with Crippen LogP contribution in [0, 0.1) is 0 Å². The summed E-state index contributed by atoms with van der Waals surface area (Å²) in [5.41, 5.74) is -1.32. The zero-order chi connectivity index (χ0) is 12.5. The van der Waals surface area contributed by atoms with Crippen LogP contribution < -0.4 is 0 Å². The molecule has 88 valence electrons. The van der Waals surface area contributed by atoms with Gasteiger partial charge in [0.1, 0.15) is 5.75 Å². The van der Waals surface area contributed by atoms with Crippen molar-refractivity contribution < 1.29 is 23.1 Å². The molecule has 0 spiro atoms. The summed E-state index contributed by atoms with van der Waals surface area (Å²) in [5.74, 6) is -1.14. The van der Waals surface area contributed by atoms with Crippen LogP contribution in [0.3, 0.4) is 0 Å². The first-order valence-electron chi connectivity index (χ1n) is 4.35. The number of benzene rings is 1. The number of carbonyl (C=O) groups is 1. The topological polar surface area (TPSA) is 40.5 Å². The molecule has 0 fully saturated rings. The van der Waals surface area contributed by atoms with Gasteiger partial charge >= 0.3 is 6.18 Å². The molecule has 0 saturated heterocycles. The Morgan fingerprint density at radius 2 is 1.88 bits per heavy atom. The number of phenolic OH excluding ortho intramolecular Hbond substituents is 1. The second-order valence-electron chi connectivity index (χ2n) is 3.43. The molecule has 6 heteroatoms. The van der Waals surface area contributed by atoms with Crippen molar-refractivity contribution >= 4 is 5.91 Å². The first kappa shape index (κ1) is 12.4. The minimum atomic E-state index is -4.53. The van der Waals surface area contributed by atoms with Gasteiger partial charge in [-0.3, -0.25) is 4.79 Å². The number of aromatic hydroxyl groups is 1. The van der Waals surface area contributed by atoms with Crippen LogP contribution in [0.2, 0.25) is 0 Å². The second kappa shape index (κ2) is 4.03. The lowest BCUT2D eigenvalue weighted by Crippen LogP contribution is -2.22. The number of nitrogens with zero attached hydrogens (tertiary/aromatic N) is 1. The van der Waals surface area contributed by atoms with Crippen molar-refractivity contribution in [2.24, 2.45) is 0 Å². The molecule has 0 aliphatic rings. The van der Waals surface area contributed by atoms with Crippen molar-refractivity contribution in [1.29, 1.82) is 0 Å². The minimum Gasteiger partial charge on any atom is -0.507 e. The van der Waals surface area contributed by atoms with Crippen molar-refractivity contribution in [3.05, 3.63) is 29.3 Å². The lowest BCUT2D eigenvalue weighted by molar-refractivity contribution is -0.137. The summed E-state index contributed by atoms with van der Waals surface area (Å²) >= 11 is 0. The van der Waals surface area contributed by atoms with E-state index >= 15 is 0 Å². The molecular weight excluding hydrogens is 223 g/mol. The Bertz CT molecular complexity index is 413. The monoisotopic (exact) mass is 233 g/mol. The standard InChI is InChI=1S/C10H10F3NO2/c1-14(2)9(16)7-5-6(10(11,12)13)3-4-8(7)15/h3-5,15H,1-2H3. The molecule has 0 unspecified atom stereocenters. The number of alkyl halides is 3. The highest BCUT2D eigenvalue weighted by Gasteiger charge is 2.32. The average Bonchev–Trinajstić information content (AvgIpc) is 2.15. The van der Waals surface area contributed by atoms with E-state index in [2.05, 4.69) is 0 Å². The maximum absolute atomic E-state index is 12.4. The van der Waals surface area contributed by atoms with Crippen LogP contribution in [0.15, 0.2) is 18.2 Å². The molecule has 1 amide bonds. The molecule has 16 heavy (non-hydrogen) atoms. The molecule has 1 rings (SSSR count). The quantitative estimate of drug-likeness (QED) is 0.807. The molecule has 0 aliphatic carbocycles. The van der Waals surface area contributed by atoms with E-state index in [-0.39, 0.29) is 5.56 Å². The van der Waals surface area contributed by atoms with E-state index < -0.39 is 23.4 Å². The predicted molar refractivity (Wildman–Crippen MR) is 51.1 cm³/mol. The van der Waals surface area contributed by atoms with Crippen LogP contribution >= 0.6 is 0 Å². The molecule has 1 N–H and O–H groups in total. The van der Waals surface area contributed by atoms with Crippen LogP contribution in [0.25, 0.3) is 0 Å². The maximum atomic E-state index is 12.4. The zero-order valence-corrected chi connectivity index (χ0v) is 8.67. The third-order valence-corrected chi connectivity index (χ3v) is 1.96. The molecule has 0 radical (unpaired) electrons. The van der Waals surface area contributed by atoms with E-state index in [4.69, 9.17) is 0 Å². The Labute approximate surface area is 90.1 Å². The third-order valence-electron chi connectivity index (χ3n) is 1.96. The largest absolute Gasteiger partial charge is 0.507 e. The van der Waals surface area contributed by atoms with Gasteiger partial charge in [0.05, 0.1) is 11.1 Å². The van der Waals surface area contributed by atoms with E-state index in [9.17, 15) is 23.1 Å². The molecule has 1 aromatic rings. The average molecular weight is 233 g/mol. The van der Waals surface area contributed by atoms with Crippen molar-refractivity contribution in [3.8, 4) is 5.75 Å². The third kappa shape index (κ3) is 2.44. The van der Waals surface area contributed by atoms with Gasteiger partial charge in [0.2, 0.25) is 0 Å². The van der Waals surface area contributed by atoms with Gasteiger partial charge in [-0.15, -0.1) is 0 Å². The number of rotatable bonds is 1.